The van der Waals surface area contributed by atoms with Crippen molar-refractivity contribution in [2.45, 2.75) is 19.3 Å². The quantitative estimate of drug-likeness (QED) is 0.317. The number of nitrogens with one attached hydrogen (secondary N) is 1. The molecule has 1 fully saturated rings. The molecule has 1 aromatic carbocycles. The molecule has 1 saturated carbocycles. The number of hydrogen-bond donors (Lipinski definition) is 2. The first-order valence-electron chi connectivity index (χ1n) is 7.08. The Morgan fingerprint density at radius 2 is 2.14 bits per heavy atom. The van der Waals surface area contributed by atoms with E-state index in [4.69, 9.17) is 15.2 Å². The van der Waals surface area contributed by atoms with E-state index in [9.17, 15) is 0 Å². The van der Waals surface area contributed by atoms with Crippen LogP contribution in [0, 0.1) is 5.92 Å². The fourth-order valence-electron chi connectivity index (χ4n) is 2.00. The number of methoxy groups -OCH3 is 1. The second-order valence-corrected chi connectivity index (χ2v) is 4.98. The molecule has 0 unspecified atom stereocenters. The van der Waals surface area contributed by atoms with E-state index in [2.05, 4.69) is 10.3 Å². The third-order valence-corrected chi connectivity index (χ3v) is 3.46. The first-order valence-corrected chi connectivity index (χ1v) is 7.08. The van der Waals surface area contributed by atoms with Crippen molar-refractivity contribution in [3.8, 4) is 11.5 Å². The summed E-state index contributed by atoms with van der Waals surface area (Å²) in [6.45, 7) is 2.01. The molecular formula is C15H24IN3O2. The van der Waals surface area contributed by atoms with Gasteiger partial charge in [-0.15, -0.1) is 24.0 Å². The van der Waals surface area contributed by atoms with Crippen molar-refractivity contribution < 1.29 is 9.47 Å². The summed E-state index contributed by atoms with van der Waals surface area (Å²) < 4.78 is 10.7. The van der Waals surface area contributed by atoms with Crippen molar-refractivity contribution in [3.63, 3.8) is 0 Å². The highest BCUT2D eigenvalue weighted by Crippen LogP contribution is 2.26. The largest absolute Gasteiger partial charge is 0.497 e. The highest BCUT2D eigenvalue weighted by Gasteiger charge is 2.16. The van der Waals surface area contributed by atoms with E-state index in [-0.39, 0.29) is 24.0 Å². The van der Waals surface area contributed by atoms with Crippen molar-refractivity contribution >= 4 is 29.9 Å². The van der Waals surface area contributed by atoms with Crippen LogP contribution >= 0.6 is 24.0 Å². The highest BCUT2D eigenvalue weighted by molar-refractivity contribution is 14.0. The molecule has 0 aliphatic heterocycles. The van der Waals surface area contributed by atoms with Gasteiger partial charge in [-0.25, -0.2) is 0 Å². The minimum atomic E-state index is 0. The Bertz CT molecular complexity index is 450. The second kappa shape index (κ2) is 9.70. The predicted octanol–water partition coefficient (Wildman–Crippen LogP) is 2.40. The molecule has 1 aromatic rings. The molecule has 0 spiro atoms. The SMILES string of the molecule is COc1cccc(OCCNC(N)=NCC2CCC2)c1.I. The standard InChI is InChI=1S/C15H23N3O2.HI/c1-19-13-6-3-7-14(10-13)20-9-8-17-15(16)18-11-12-4-2-5-12;/h3,6-7,10,12H,2,4-5,8-9,11H2,1H3,(H3,16,17,18);1H. The molecule has 21 heavy (non-hydrogen) atoms. The number of rotatable bonds is 7. The zero-order valence-corrected chi connectivity index (χ0v) is 14.7. The molecule has 6 heteroatoms. The third kappa shape index (κ3) is 6.41. The first-order chi connectivity index (χ1) is 9.78. The summed E-state index contributed by atoms with van der Waals surface area (Å²) in [5.74, 6) is 2.82. The summed E-state index contributed by atoms with van der Waals surface area (Å²) >= 11 is 0. The number of hydrogen-bond acceptors (Lipinski definition) is 3. The molecule has 3 N–H and O–H groups in total. The molecule has 0 bridgehead atoms. The van der Waals surface area contributed by atoms with Gasteiger partial charge in [-0.05, 0) is 30.9 Å². The van der Waals surface area contributed by atoms with Crippen molar-refractivity contribution in [2.24, 2.45) is 16.6 Å². The average Bonchev–Trinajstić information content (AvgIpc) is 2.42. The van der Waals surface area contributed by atoms with Crippen LogP contribution in [0.1, 0.15) is 19.3 Å². The molecule has 5 nitrogen and oxygen atoms in total. The maximum atomic E-state index is 5.79. The van der Waals surface area contributed by atoms with Gasteiger partial charge in [0.25, 0.3) is 0 Å². The molecule has 118 valence electrons. The van der Waals surface area contributed by atoms with E-state index in [0.717, 1.165) is 24.0 Å². The van der Waals surface area contributed by atoms with Crippen LogP contribution in [-0.4, -0.2) is 32.8 Å². The Labute approximate surface area is 143 Å². The first kappa shape index (κ1) is 17.9. The lowest BCUT2D eigenvalue weighted by Gasteiger charge is -2.23. The minimum Gasteiger partial charge on any atom is -0.497 e. The van der Waals surface area contributed by atoms with Crippen LogP contribution in [0.15, 0.2) is 29.3 Å². The lowest BCUT2D eigenvalue weighted by molar-refractivity contribution is 0.318. The topological polar surface area (TPSA) is 68.9 Å². The van der Waals surface area contributed by atoms with Gasteiger partial charge in [0.1, 0.15) is 18.1 Å². The number of nitrogens with zero attached hydrogens (tertiary/aromatic N) is 1. The van der Waals surface area contributed by atoms with Crippen LogP contribution in [0.2, 0.25) is 0 Å². The monoisotopic (exact) mass is 405 g/mol. The van der Waals surface area contributed by atoms with Gasteiger partial charge in [0.2, 0.25) is 0 Å². The third-order valence-electron chi connectivity index (χ3n) is 3.46. The normalized spacial score (nSPS) is 14.8. The van der Waals surface area contributed by atoms with E-state index in [1.54, 1.807) is 7.11 Å². The van der Waals surface area contributed by atoms with Gasteiger partial charge in [0.05, 0.1) is 13.7 Å². The molecule has 0 atom stereocenters. The predicted molar refractivity (Wildman–Crippen MR) is 95.7 cm³/mol. The van der Waals surface area contributed by atoms with Crippen molar-refractivity contribution in [2.75, 3.05) is 26.8 Å². The molecule has 2 rings (SSSR count). The Balaban J connectivity index is 0.00000220. The lowest BCUT2D eigenvalue weighted by Crippen LogP contribution is -2.35. The van der Waals surface area contributed by atoms with Crippen molar-refractivity contribution in [3.05, 3.63) is 24.3 Å². The van der Waals surface area contributed by atoms with Crippen molar-refractivity contribution in [1.82, 2.24) is 5.32 Å². The zero-order valence-electron chi connectivity index (χ0n) is 12.4. The molecule has 0 radical (unpaired) electrons. The van der Waals surface area contributed by atoms with Gasteiger partial charge >= 0.3 is 0 Å². The van der Waals surface area contributed by atoms with Crippen LogP contribution in [-0.2, 0) is 0 Å². The van der Waals surface area contributed by atoms with Gasteiger partial charge in [-0.3, -0.25) is 4.99 Å². The molecule has 0 amide bonds. The number of halogens is 1. The summed E-state index contributed by atoms with van der Waals surface area (Å²) in [7, 11) is 1.64. The second-order valence-electron chi connectivity index (χ2n) is 4.98. The summed E-state index contributed by atoms with van der Waals surface area (Å²) in [6.07, 6.45) is 3.91. The number of nitrogens with two attached hydrogens (primary N) is 1. The summed E-state index contributed by atoms with van der Waals surface area (Å²) in [5.41, 5.74) is 5.79. The van der Waals surface area contributed by atoms with Crippen LogP contribution in [0.4, 0.5) is 0 Å². The van der Waals surface area contributed by atoms with Gasteiger partial charge in [0.15, 0.2) is 5.96 Å². The number of aliphatic imine (C=N–C) groups is 1. The van der Waals surface area contributed by atoms with E-state index in [1.807, 2.05) is 24.3 Å². The van der Waals surface area contributed by atoms with Crippen molar-refractivity contribution in [1.29, 1.82) is 0 Å². The molecule has 1 aliphatic carbocycles. The summed E-state index contributed by atoms with van der Waals surface area (Å²) in [5, 5.41) is 3.06. The van der Waals surface area contributed by atoms with Crippen LogP contribution in [0.5, 0.6) is 11.5 Å². The Morgan fingerprint density at radius 1 is 1.38 bits per heavy atom. The fraction of sp³-hybridized carbons (Fsp3) is 0.533. The lowest BCUT2D eigenvalue weighted by atomic mass is 9.86. The van der Waals surface area contributed by atoms with Gasteiger partial charge in [-0.2, -0.15) is 0 Å². The zero-order chi connectivity index (χ0) is 14.2. The van der Waals surface area contributed by atoms with Crippen LogP contribution in [0.3, 0.4) is 0 Å². The highest BCUT2D eigenvalue weighted by atomic mass is 127. The van der Waals surface area contributed by atoms with Crippen LogP contribution in [0.25, 0.3) is 0 Å². The van der Waals surface area contributed by atoms with Gasteiger partial charge in [-0.1, -0.05) is 12.5 Å². The van der Waals surface area contributed by atoms with Crippen LogP contribution < -0.4 is 20.5 Å². The molecule has 0 aromatic heterocycles. The number of ether oxygens (including phenoxy) is 2. The molecule has 0 heterocycles. The Hall–Kier alpha value is -1.18. The number of guanidine groups is 1. The maximum absolute atomic E-state index is 5.79. The Kier molecular flexibility index (Phi) is 8.26. The van der Waals surface area contributed by atoms with E-state index < -0.39 is 0 Å². The van der Waals surface area contributed by atoms with Gasteiger partial charge in [0, 0.05) is 12.6 Å². The van der Waals surface area contributed by atoms with E-state index in [1.165, 1.54) is 19.3 Å². The van der Waals surface area contributed by atoms with E-state index in [0.29, 0.717) is 19.1 Å². The average molecular weight is 405 g/mol. The molecule has 1 aliphatic rings. The van der Waals surface area contributed by atoms with Gasteiger partial charge < -0.3 is 20.5 Å². The fourth-order valence-corrected chi connectivity index (χ4v) is 2.00. The number of benzene rings is 1. The Morgan fingerprint density at radius 3 is 2.81 bits per heavy atom. The minimum absolute atomic E-state index is 0. The molecular weight excluding hydrogens is 381 g/mol. The maximum Gasteiger partial charge on any atom is 0.188 e. The summed E-state index contributed by atoms with van der Waals surface area (Å²) in [6, 6.07) is 7.54. The molecule has 0 saturated heterocycles. The smallest absolute Gasteiger partial charge is 0.188 e. The summed E-state index contributed by atoms with van der Waals surface area (Å²) in [4.78, 5) is 4.33. The van der Waals surface area contributed by atoms with E-state index >= 15 is 0 Å².